The van der Waals surface area contributed by atoms with Gasteiger partial charge in [-0.2, -0.15) is 5.10 Å². The van der Waals surface area contributed by atoms with Crippen LogP contribution >= 0.6 is 0 Å². The largest absolute Gasteiger partial charge is 0.378 e. The fourth-order valence-electron chi connectivity index (χ4n) is 2.62. The van der Waals surface area contributed by atoms with Crippen LogP contribution in [-0.2, 0) is 14.8 Å². The second-order valence-electron chi connectivity index (χ2n) is 5.77. The summed E-state index contributed by atoms with van der Waals surface area (Å²) in [7, 11) is -4.30. The Morgan fingerprint density at radius 2 is 1.85 bits per heavy atom. The molecule has 0 saturated carbocycles. The molecule has 146 valence electrons. The molecule has 1 saturated heterocycles. The van der Waals surface area contributed by atoms with Crippen LogP contribution in [0.15, 0.2) is 35.4 Å². The molecule has 2 heterocycles. The zero-order valence-electron chi connectivity index (χ0n) is 14.4. The lowest BCUT2D eigenvalue weighted by Crippen LogP contribution is -2.36. The maximum Gasteiger partial charge on any atom is 0.246 e. The molecule has 0 aliphatic carbocycles. The van der Waals surface area contributed by atoms with Crippen LogP contribution in [0.3, 0.4) is 0 Å². The minimum absolute atomic E-state index is 0.0838. The number of hydrogen-bond donors (Lipinski definition) is 2. The Balaban J connectivity index is 1.56. The van der Waals surface area contributed by atoms with Gasteiger partial charge in [0.15, 0.2) is 10.7 Å². The minimum atomic E-state index is -4.30. The Bertz CT molecular complexity index is 871. The Kier molecular flexibility index (Phi) is 6.14. The van der Waals surface area contributed by atoms with Gasteiger partial charge in [-0.3, -0.25) is 0 Å². The van der Waals surface area contributed by atoms with E-state index in [4.69, 9.17) is 4.74 Å². The number of anilines is 2. The number of rotatable bonds is 7. The topological polar surface area (TPSA) is 96.5 Å². The number of halogens is 2. The second-order valence-corrected chi connectivity index (χ2v) is 7.48. The highest BCUT2D eigenvalue weighted by atomic mass is 32.2. The summed E-state index contributed by atoms with van der Waals surface area (Å²) in [5.41, 5.74) is 0.879. The number of nitrogens with one attached hydrogen (secondary N) is 2. The zero-order chi connectivity index (χ0) is 19.3. The van der Waals surface area contributed by atoms with Gasteiger partial charge in [-0.1, -0.05) is 6.07 Å². The fraction of sp³-hybridized carbons (Fsp3) is 0.375. The lowest BCUT2D eigenvalue weighted by molar-refractivity contribution is 0.122. The van der Waals surface area contributed by atoms with Gasteiger partial charge < -0.3 is 15.0 Å². The van der Waals surface area contributed by atoms with Crippen molar-refractivity contribution in [3.05, 3.63) is 42.1 Å². The van der Waals surface area contributed by atoms with E-state index in [1.165, 1.54) is 0 Å². The standard InChI is InChI=1S/C16H19F2N5O3S/c17-13-2-1-3-14(18)16(13)27(24,25)21-5-4-19-15-10-12(11-20-22-15)23-6-8-26-9-7-23/h1-3,10-11,21H,4-9H2,(H,19,22). The van der Waals surface area contributed by atoms with E-state index in [2.05, 4.69) is 25.1 Å². The molecule has 0 radical (unpaired) electrons. The fourth-order valence-corrected chi connectivity index (χ4v) is 3.79. The predicted molar refractivity (Wildman–Crippen MR) is 95.1 cm³/mol. The van der Waals surface area contributed by atoms with E-state index < -0.39 is 26.6 Å². The van der Waals surface area contributed by atoms with Crippen LogP contribution in [0.5, 0.6) is 0 Å². The normalized spacial score (nSPS) is 15.0. The monoisotopic (exact) mass is 399 g/mol. The molecule has 1 aliphatic heterocycles. The summed E-state index contributed by atoms with van der Waals surface area (Å²) in [5.74, 6) is -1.81. The average Bonchev–Trinajstić information content (AvgIpc) is 2.66. The highest BCUT2D eigenvalue weighted by Gasteiger charge is 2.23. The molecule has 2 N–H and O–H groups in total. The second kappa shape index (κ2) is 8.55. The molecule has 27 heavy (non-hydrogen) atoms. The summed E-state index contributed by atoms with van der Waals surface area (Å²) >= 11 is 0. The molecular weight excluding hydrogens is 380 g/mol. The van der Waals surface area contributed by atoms with Gasteiger partial charge >= 0.3 is 0 Å². The van der Waals surface area contributed by atoms with Gasteiger partial charge in [-0.05, 0) is 12.1 Å². The molecule has 1 aromatic heterocycles. The van der Waals surface area contributed by atoms with Gasteiger partial charge in [-0.15, -0.1) is 5.10 Å². The SMILES string of the molecule is O=S(=O)(NCCNc1cc(N2CCOCC2)cnn1)c1c(F)cccc1F. The van der Waals surface area contributed by atoms with E-state index in [0.717, 1.165) is 37.0 Å². The van der Waals surface area contributed by atoms with E-state index in [9.17, 15) is 17.2 Å². The highest BCUT2D eigenvalue weighted by Crippen LogP contribution is 2.18. The average molecular weight is 399 g/mol. The molecule has 8 nitrogen and oxygen atoms in total. The van der Waals surface area contributed by atoms with Crippen molar-refractivity contribution in [1.82, 2.24) is 14.9 Å². The molecule has 1 aromatic carbocycles. The van der Waals surface area contributed by atoms with Crippen molar-refractivity contribution in [3.63, 3.8) is 0 Å². The zero-order valence-corrected chi connectivity index (χ0v) is 15.2. The van der Waals surface area contributed by atoms with Crippen LogP contribution in [-0.4, -0.2) is 58.0 Å². The Morgan fingerprint density at radius 1 is 1.15 bits per heavy atom. The van der Waals surface area contributed by atoms with Crippen LogP contribution in [0.4, 0.5) is 20.3 Å². The smallest absolute Gasteiger partial charge is 0.246 e. The summed E-state index contributed by atoms with van der Waals surface area (Å²) < 4.78 is 58.9. The number of ether oxygens (including phenoxy) is 1. The quantitative estimate of drug-likeness (QED) is 0.670. The number of nitrogens with zero attached hydrogens (tertiary/aromatic N) is 3. The van der Waals surface area contributed by atoms with E-state index in [0.29, 0.717) is 19.0 Å². The van der Waals surface area contributed by atoms with Crippen molar-refractivity contribution in [2.24, 2.45) is 0 Å². The maximum atomic E-state index is 13.6. The summed E-state index contributed by atoms with van der Waals surface area (Å²) in [6.45, 7) is 2.85. The van der Waals surface area contributed by atoms with Gasteiger partial charge in [0.2, 0.25) is 10.0 Å². The minimum Gasteiger partial charge on any atom is -0.378 e. The van der Waals surface area contributed by atoms with E-state index in [-0.39, 0.29) is 13.1 Å². The third-order valence-corrected chi connectivity index (χ3v) is 5.44. The summed E-state index contributed by atoms with van der Waals surface area (Å²) in [6.07, 6.45) is 1.64. The van der Waals surface area contributed by atoms with E-state index in [1.807, 2.05) is 0 Å². The molecule has 0 unspecified atom stereocenters. The van der Waals surface area contributed by atoms with Crippen molar-refractivity contribution >= 4 is 21.5 Å². The predicted octanol–water partition coefficient (Wildman–Crippen LogP) is 0.982. The molecule has 0 bridgehead atoms. The van der Waals surface area contributed by atoms with Crippen molar-refractivity contribution in [2.75, 3.05) is 49.6 Å². The first-order chi connectivity index (χ1) is 13.0. The summed E-state index contributed by atoms with van der Waals surface area (Å²) in [5, 5.41) is 10.8. The van der Waals surface area contributed by atoms with Crippen molar-refractivity contribution in [1.29, 1.82) is 0 Å². The molecule has 3 rings (SSSR count). The van der Waals surface area contributed by atoms with Crippen LogP contribution < -0.4 is 14.9 Å². The van der Waals surface area contributed by atoms with Gasteiger partial charge in [0.05, 0.1) is 25.1 Å². The summed E-state index contributed by atoms with van der Waals surface area (Å²) in [4.78, 5) is 1.12. The van der Waals surface area contributed by atoms with Gasteiger partial charge in [-0.25, -0.2) is 21.9 Å². The molecule has 2 aromatic rings. The number of benzene rings is 1. The third-order valence-electron chi connectivity index (χ3n) is 3.93. The first-order valence-electron chi connectivity index (χ1n) is 8.30. The van der Waals surface area contributed by atoms with Gasteiger partial charge in [0.25, 0.3) is 0 Å². The lowest BCUT2D eigenvalue weighted by atomic mass is 10.3. The first-order valence-corrected chi connectivity index (χ1v) is 9.79. The van der Waals surface area contributed by atoms with Crippen LogP contribution in [0, 0.1) is 11.6 Å². The molecule has 0 spiro atoms. The first kappa shape index (κ1) is 19.4. The summed E-state index contributed by atoms with van der Waals surface area (Å²) in [6, 6.07) is 4.68. The van der Waals surface area contributed by atoms with E-state index >= 15 is 0 Å². The van der Waals surface area contributed by atoms with E-state index in [1.54, 1.807) is 12.3 Å². The Labute approximate surface area is 155 Å². The van der Waals surface area contributed by atoms with Crippen LogP contribution in [0.1, 0.15) is 0 Å². The number of aromatic nitrogens is 2. The number of morpholine rings is 1. The Hall–Kier alpha value is -2.37. The lowest BCUT2D eigenvalue weighted by Gasteiger charge is -2.28. The van der Waals surface area contributed by atoms with Crippen molar-refractivity contribution < 1.29 is 21.9 Å². The van der Waals surface area contributed by atoms with Crippen LogP contribution in [0.25, 0.3) is 0 Å². The molecule has 11 heteroatoms. The maximum absolute atomic E-state index is 13.6. The van der Waals surface area contributed by atoms with Crippen molar-refractivity contribution in [3.8, 4) is 0 Å². The number of hydrogen-bond acceptors (Lipinski definition) is 7. The van der Waals surface area contributed by atoms with Gasteiger partial charge in [0.1, 0.15) is 11.6 Å². The number of sulfonamides is 1. The van der Waals surface area contributed by atoms with Crippen LogP contribution in [0.2, 0.25) is 0 Å². The molecule has 0 amide bonds. The Morgan fingerprint density at radius 3 is 2.56 bits per heavy atom. The molecule has 0 atom stereocenters. The molecule has 1 aliphatic rings. The molecular formula is C16H19F2N5O3S. The van der Waals surface area contributed by atoms with Gasteiger partial charge in [0, 0.05) is 32.2 Å². The highest BCUT2D eigenvalue weighted by molar-refractivity contribution is 7.89. The molecule has 1 fully saturated rings. The third kappa shape index (κ3) is 4.87. The van der Waals surface area contributed by atoms with Crippen molar-refractivity contribution in [2.45, 2.75) is 4.90 Å².